The summed E-state index contributed by atoms with van der Waals surface area (Å²) in [6, 6.07) is 0.268. The minimum atomic E-state index is 0.268. The van der Waals surface area contributed by atoms with Gasteiger partial charge >= 0.3 is 0 Å². The number of hydrogen-bond donors (Lipinski definition) is 0. The molecule has 0 fully saturated rings. The van der Waals surface area contributed by atoms with E-state index in [-0.39, 0.29) is 6.04 Å². The highest BCUT2D eigenvalue weighted by Gasteiger charge is 2.18. The highest BCUT2D eigenvalue weighted by atomic mass is 16.5. The Balaban J connectivity index is 3.05. The molecule has 0 N–H and O–H groups in total. The van der Waals surface area contributed by atoms with Gasteiger partial charge < -0.3 is 4.74 Å². The number of aryl methyl sites for hydroxylation is 1. The number of carbonyl (C=O) groups excluding carboxylic acids is 1. The first-order valence-corrected chi connectivity index (χ1v) is 6.23. The maximum atomic E-state index is 11.1. The molecular formula is C13H22N2O2. The molecule has 96 valence electrons. The van der Waals surface area contributed by atoms with E-state index in [1.165, 1.54) is 0 Å². The van der Waals surface area contributed by atoms with Gasteiger partial charge in [0, 0.05) is 19.4 Å². The molecule has 0 spiro atoms. The molecule has 0 aliphatic rings. The van der Waals surface area contributed by atoms with E-state index in [0.29, 0.717) is 6.61 Å². The lowest BCUT2D eigenvalue weighted by Crippen LogP contribution is -2.13. The third-order valence-electron chi connectivity index (χ3n) is 3.07. The predicted octanol–water partition coefficient (Wildman–Crippen LogP) is 2.42. The molecule has 1 heterocycles. The number of ether oxygens (including phenoxy) is 1. The van der Waals surface area contributed by atoms with E-state index in [2.05, 4.69) is 18.9 Å². The van der Waals surface area contributed by atoms with E-state index in [1.807, 2.05) is 11.6 Å². The van der Waals surface area contributed by atoms with Crippen molar-refractivity contribution in [1.82, 2.24) is 9.78 Å². The van der Waals surface area contributed by atoms with Gasteiger partial charge in [0.15, 0.2) is 6.29 Å². The summed E-state index contributed by atoms with van der Waals surface area (Å²) in [5.41, 5.74) is 2.72. The monoisotopic (exact) mass is 238 g/mol. The molecule has 17 heavy (non-hydrogen) atoms. The van der Waals surface area contributed by atoms with Crippen LogP contribution in [-0.2, 0) is 17.6 Å². The van der Waals surface area contributed by atoms with E-state index in [4.69, 9.17) is 4.74 Å². The Morgan fingerprint density at radius 2 is 2.12 bits per heavy atom. The first-order chi connectivity index (χ1) is 8.19. The fourth-order valence-electron chi connectivity index (χ4n) is 2.06. The van der Waals surface area contributed by atoms with E-state index >= 15 is 0 Å². The second-order valence-corrected chi connectivity index (χ2v) is 4.21. The highest BCUT2D eigenvalue weighted by molar-refractivity contribution is 5.78. The molecule has 0 aliphatic heterocycles. The van der Waals surface area contributed by atoms with Crippen LogP contribution in [-0.4, -0.2) is 29.8 Å². The van der Waals surface area contributed by atoms with Crippen LogP contribution in [0.5, 0.6) is 0 Å². The summed E-state index contributed by atoms with van der Waals surface area (Å²) in [4.78, 5) is 11.1. The lowest BCUT2D eigenvalue weighted by molar-refractivity contribution is 0.112. The Hall–Kier alpha value is -1.16. The summed E-state index contributed by atoms with van der Waals surface area (Å²) >= 11 is 0. The van der Waals surface area contributed by atoms with Crippen LogP contribution < -0.4 is 0 Å². The molecule has 0 aliphatic carbocycles. The van der Waals surface area contributed by atoms with Gasteiger partial charge in [0.2, 0.25) is 0 Å². The molecule has 1 unspecified atom stereocenters. The number of hydrogen-bond acceptors (Lipinski definition) is 3. The van der Waals surface area contributed by atoms with Crippen LogP contribution in [0.15, 0.2) is 0 Å². The smallest absolute Gasteiger partial charge is 0.153 e. The Labute approximate surface area is 103 Å². The van der Waals surface area contributed by atoms with Gasteiger partial charge in [-0.15, -0.1) is 0 Å². The van der Waals surface area contributed by atoms with E-state index in [1.54, 1.807) is 7.11 Å². The number of methoxy groups -OCH3 is 1. The van der Waals surface area contributed by atoms with Crippen molar-refractivity contribution in [2.24, 2.45) is 0 Å². The minimum Gasteiger partial charge on any atom is -0.385 e. The molecule has 0 saturated heterocycles. The third-order valence-corrected chi connectivity index (χ3v) is 3.07. The van der Waals surface area contributed by atoms with Crippen molar-refractivity contribution in [1.29, 1.82) is 0 Å². The van der Waals surface area contributed by atoms with Gasteiger partial charge in [-0.1, -0.05) is 13.8 Å². The van der Waals surface area contributed by atoms with Crippen LogP contribution in [0.25, 0.3) is 0 Å². The Morgan fingerprint density at radius 3 is 2.59 bits per heavy atom. The molecule has 1 aromatic rings. The zero-order valence-electron chi connectivity index (χ0n) is 11.2. The topological polar surface area (TPSA) is 44.1 Å². The van der Waals surface area contributed by atoms with E-state index in [9.17, 15) is 4.79 Å². The van der Waals surface area contributed by atoms with Crippen molar-refractivity contribution in [2.75, 3.05) is 13.7 Å². The summed E-state index contributed by atoms with van der Waals surface area (Å²) in [5, 5.41) is 4.55. The zero-order valence-corrected chi connectivity index (χ0v) is 11.2. The lowest BCUT2D eigenvalue weighted by Gasteiger charge is -2.14. The molecule has 0 radical (unpaired) electrons. The Morgan fingerprint density at radius 1 is 1.41 bits per heavy atom. The first kappa shape index (κ1) is 13.9. The Kier molecular flexibility index (Phi) is 5.35. The second-order valence-electron chi connectivity index (χ2n) is 4.21. The number of aromatic nitrogens is 2. The van der Waals surface area contributed by atoms with Crippen molar-refractivity contribution >= 4 is 6.29 Å². The van der Waals surface area contributed by atoms with Gasteiger partial charge in [-0.3, -0.25) is 9.48 Å². The molecule has 1 aromatic heterocycles. The van der Waals surface area contributed by atoms with Crippen LogP contribution in [0.1, 0.15) is 55.0 Å². The molecule has 4 heteroatoms. The van der Waals surface area contributed by atoms with Gasteiger partial charge in [-0.25, -0.2) is 0 Å². The number of rotatable bonds is 7. The minimum absolute atomic E-state index is 0.268. The molecule has 1 rings (SSSR count). The summed E-state index contributed by atoms with van der Waals surface area (Å²) < 4.78 is 7.07. The van der Waals surface area contributed by atoms with E-state index < -0.39 is 0 Å². The van der Waals surface area contributed by atoms with Gasteiger partial charge in [-0.2, -0.15) is 5.10 Å². The van der Waals surface area contributed by atoms with Crippen LogP contribution in [0, 0.1) is 0 Å². The van der Waals surface area contributed by atoms with Crippen molar-refractivity contribution < 1.29 is 9.53 Å². The number of carbonyl (C=O) groups is 1. The summed E-state index contributed by atoms with van der Waals surface area (Å²) in [5.74, 6) is 0. The van der Waals surface area contributed by atoms with Crippen molar-refractivity contribution in [3.8, 4) is 0 Å². The molecule has 0 aromatic carbocycles. The number of nitrogens with zero attached hydrogens (tertiary/aromatic N) is 2. The van der Waals surface area contributed by atoms with Crippen LogP contribution in [0.3, 0.4) is 0 Å². The Bertz CT molecular complexity index is 372. The molecule has 0 bridgehead atoms. The summed E-state index contributed by atoms with van der Waals surface area (Å²) in [6.07, 6.45) is 3.47. The largest absolute Gasteiger partial charge is 0.385 e. The van der Waals surface area contributed by atoms with Crippen LogP contribution in [0.4, 0.5) is 0 Å². The average Bonchev–Trinajstić information content (AvgIpc) is 2.73. The van der Waals surface area contributed by atoms with Gasteiger partial charge in [0.1, 0.15) is 0 Å². The molecular weight excluding hydrogens is 216 g/mol. The SMILES string of the molecule is CCc1nn(C(C)CCOC)c(CC)c1C=O. The molecule has 0 saturated carbocycles. The van der Waals surface area contributed by atoms with Crippen LogP contribution >= 0.6 is 0 Å². The first-order valence-electron chi connectivity index (χ1n) is 6.23. The maximum absolute atomic E-state index is 11.1. The summed E-state index contributed by atoms with van der Waals surface area (Å²) in [6.45, 7) is 6.91. The number of aldehydes is 1. The lowest BCUT2D eigenvalue weighted by atomic mass is 10.1. The summed E-state index contributed by atoms with van der Waals surface area (Å²) in [7, 11) is 1.70. The molecule has 1 atom stereocenters. The van der Waals surface area contributed by atoms with Crippen molar-refractivity contribution in [3.63, 3.8) is 0 Å². The quantitative estimate of drug-likeness (QED) is 0.685. The average molecular weight is 238 g/mol. The van der Waals surface area contributed by atoms with Crippen LogP contribution in [0.2, 0.25) is 0 Å². The van der Waals surface area contributed by atoms with Gasteiger partial charge in [-0.05, 0) is 26.2 Å². The van der Waals surface area contributed by atoms with E-state index in [0.717, 1.165) is 42.5 Å². The normalized spacial score (nSPS) is 12.7. The maximum Gasteiger partial charge on any atom is 0.153 e. The van der Waals surface area contributed by atoms with Gasteiger partial charge in [0.05, 0.1) is 17.3 Å². The second kappa shape index (κ2) is 6.55. The fraction of sp³-hybridized carbons (Fsp3) is 0.692. The zero-order chi connectivity index (χ0) is 12.8. The predicted molar refractivity (Wildman–Crippen MR) is 67.6 cm³/mol. The highest BCUT2D eigenvalue weighted by Crippen LogP contribution is 2.20. The molecule has 0 amide bonds. The van der Waals surface area contributed by atoms with Crippen molar-refractivity contribution in [3.05, 3.63) is 17.0 Å². The standard InChI is InChI=1S/C13H22N2O2/c1-5-12-11(9-16)13(6-2)15(14-12)10(3)7-8-17-4/h9-10H,5-8H2,1-4H3. The fourth-order valence-corrected chi connectivity index (χ4v) is 2.06. The van der Waals surface area contributed by atoms with Crippen molar-refractivity contribution in [2.45, 2.75) is 46.1 Å². The third kappa shape index (κ3) is 2.94. The molecule has 4 nitrogen and oxygen atoms in total. The van der Waals surface area contributed by atoms with Gasteiger partial charge in [0.25, 0.3) is 0 Å².